The minimum Gasteiger partial charge on any atom is -0.487 e. The molecule has 1 atom stereocenters. The summed E-state index contributed by atoms with van der Waals surface area (Å²) in [5, 5.41) is 0. The Labute approximate surface area is 272 Å². The first-order valence-electron chi connectivity index (χ1n) is 13.5. The largest absolute Gasteiger partial charge is 0.487 e. The Hall–Kier alpha value is -3.04. The van der Waals surface area contributed by atoms with Crippen molar-refractivity contribution in [2.75, 3.05) is 0 Å². The van der Waals surface area contributed by atoms with Gasteiger partial charge in [-0.15, -0.1) is 0 Å². The van der Waals surface area contributed by atoms with Gasteiger partial charge in [-0.05, 0) is 81.4 Å². The summed E-state index contributed by atoms with van der Waals surface area (Å²) in [5.74, 6) is 0.686. The second kappa shape index (κ2) is 11.6. The van der Waals surface area contributed by atoms with E-state index in [0.29, 0.717) is 21.7 Å². The molecule has 0 saturated heterocycles. The van der Waals surface area contributed by atoms with Crippen LogP contribution in [-0.2, 0) is 13.0 Å². The van der Waals surface area contributed by atoms with Crippen LogP contribution in [0.4, 0.5) is 0 Å². The summed E-state index contributed by atoms with van der Waals surface area (Å²) in [4.78, 5) is 20.1. The maximum absolute atomic E-state index is 14.2. The molecule has 5 aromatic rings. The number of hydrogen-bond acceptors (Lipinski definition) is 4. The van der Waals surface area contributed by atoms with Crippen LogP contribution in [0, 0.1) is 0 Å². The van der Waals surface area contributed by atoms with Crippen molar-refractivity contribution in [3.8, 4) is 5.75 Å². The lowest BCUT2D eigenvalue weighted by atomic mass is 9.83. The van der Waals surface area contributed by atoms with Crippen molar-refractivity contribution >= 4 is 70.9 Å². The van der Waals surface area contributed by atoms with Gasteiger partial charge >= 0.3 is 0 Å². The smallest absolute Gasteiger partial charge is 0.271 e. The molecule has 4 nitrogen and oxygen atoms in total. The monoisotopic (exact) mass is 760 g/mol. The lowest BCUT2D eigenvalue weighted by Gasteiger charge is -2.30. The van der Waals surface area contributed by atoms with Gasteiger partial charge in [0.15, 0.2) is 4.80 Å². The minimum absolute atomic E-state index is 0.0535. The van der Waals surface area contributed by atoms with E-state index in [2.05, 4.69) is 84.2 Å². The maximum Gasteiger partial charge on any atom is 0.271 e. The molecule has 0 amide bonds. The molecule has 1 aromatic heterocycles. The summed E-state index contributed by atoms with van der Waals surface area (Å²) in [7, 11) is 0. The lowest BCUT2D eigenvalue weighted by molar-refractivity contribution is 0.303. The highest BCUT2D eigenvalue weighted by molar-refractivity contribution is 9.11. The number of aromatic nitrogens is 1. The topological polar surface area (TPSA) is 43.6 Å². The normalized spacial score (nSPS) is 16.0. The maximum atomic E-state index is 14.2. The molecule has 4 aromatic carbocycles. The zero-order valence-electron chi connectivity index (χ0n) is 22.2. The van der Waals surface area contributed by atoms with Crippen molar-refractivity contribution in [1.29, 1.82) is 0 Å². The molecule has 8 heteroatoms. The predicted molar refractivity (Wildman–Crippen MR) is 180 cm³/mol. The van der Waals surface area contributed by atoms with Crippen LogP contribution in [-0.4, -0.2) is 4.57 Å². The van der Waals surface area contributed by atoms with Gasteiger partial charge in [0, 0.05) is 20.1 Å². The van der Waals surface area contributed by atoms with Crippen LogP contribution in [0.1, 0.15) is 40.3 Å². The molecule has 0 spiro atoms. The number of allylic oxidation sites excluding steroid dienone is 1. The molecular formula is C34H23Br3N2O2S. The standard InChI is InChI=1S/C34H23Br3N2O2S/c35-24-13-10-22(11-14-24)31-27-15-12-21-8-4-5-9-26(21)30(27)38-34-39(31)33(40)29(42-34)17-23-16-25(36)18-28(37)32(23)41-19-20-6-2-1-3-7-20/h1-11,13-14,16-18,31H,12,15,19H2/b29-17+/t31-/m0/s1. The number of rotatable bonds is 5. The summed E-state index contributed by atoms with van der Waals surface area (Å²) in [6.45, 7) is 0.416. The van der Waals surface area contributed by atoms with Gasteiger partial charge in [0.1, 0.15) is 12.4 Å². The molecule has 208 valence electrons. The number of fused-ring (bicyclic) bond motifs is 3. The molecule has 7 rings (SSSR count). The van der Waals surface area contributed by atoms with Gasteiger partial charge in [-0.3, -0.25) is 9.36 Å². The lowest BCUT2D eigenvalue weighted by Crippen LogP contribution is -2.38. The van der Waals surface area contributed by atoms with E-state index in [4.69, 9.17) is 9.73 Å². The van der Waals surface area contributed by atoms with Crippen LogP contribution >= 0.6 is 59.1 Å². The number of hydrogen-bond donors (Lipinski definition) is 0. The van der Waals surface area contributed by atoms with Crippen molar-refractivity contribution in [1.82, 2.24) is 4.57 Å². The number of nitrogens with zero attached hydrogens (tertiary/aromatic N) is 2. The third-order valence-electron chi connectivity index (χ3n) is 7.61. The van der Waals surface area contributed by atoms with E-state index in [-0.39, 0.29) is 11.6 Å². The average Bonchev–Trinajstić information content (AvgIpc) is 3.30. The molecule has 0 saturated carbocycles. The summed E-state index contributed by atoms with van der Waals surface area (Å²) in [5.41, 5.74) is 7.54. The second-order valence-corrected chi connectivity index (χ2v) is 13.9. The quantitative estimate of drug-likeness (QED) is 0.181. The van der Waals surface area contributed by atoms with Crippen molar-refractivity contribution in [2.45, 2.75) is 25.5 Å². The van der Waals surface area contributed by atoms with Gasteiger partial charge < -0.3 is 4.74 Å². The molecule has 0 radical (unpaired) electrons. The minimum atomic E-state index is -0.220. The average molecular weight is 763 g/mol. The molecule has 0 unspecified atom stereocenters. The Morgan fingerprint density at radius 1 is 0.905 bits per heavy atom. The first-order valence-corrected chi connectivity index (χ1v) is 16.7. The zero-order chi connectivity index (χ0) is 28.8. The summed E-state index contributed by atoms with van der Waals surface area (Å²) < 4.78 is 11.5. The Bertz CT molecular complexity index is 2050. The van der Waals surface area contributed by atoms with Crippen LogP contribution in [0.2, 0.25) is 0 Å². The van der Waals surface area contributed by atoms with Gasteiger partial charge in [0.2, 0.25) is 0 Å². The van der Waals surface area contributed by atoms with Crippen molar-refractivity contribution < 1.29 is 4.74 Å². The molecule has 1 aliphatic heterocycles. The van der Waals surface area contributed by atoms with Gasteiger partial charge in [0.05, 0.1) is 20.7 Å². The fourth-order valence-corrected chi connectivity index (χ4v) is 8.31. The Morgan fingerprint density at radius 2 is 1.67 bits per heavy atom. The number of benzene rings is 4. The fraction of sp³-hybridized carbons (Fsp3) is 0.118. The number of thiazole rings is 1. The van der Waals surface area contributed by atoms with Gasteiger partial charge in [-0.2, -0.15) is 0 Å². The Balaban J connectivity index is 1.40. The highest BCUT2D eigenvalue weighted by Crippen LogP contribution is 2.41. The SMILES string of the molecule is O=c1/c(=C\c2cc(Br)cc(Br)c2OCc2ccccc2)sc2n1[C@@H](c1ccc(Br)cc1)C1=C(N=2)c2ccccc2CC1. The van der Waals surface area contributed by atoms with Crippen molar-refractivity contribution in [2.24, 2.45) is 4.99 Å². The second-order valence-electron chi connectivity index (χ2n) is 10.2. The predicted octanol–water partition coefficient (Wildman–Crippen LogP) is 8.19. The van der Waals surface area contributed by atoms with Crippen LogP contribution in [0.25, 0.3) is 11.8 Å². The Kier molecular flexibility index (Phi) is 7.65. The van der Waals surface area contributed by atoms with E-state index in [9.17, 15) is 4.79 Å². The summed E-state index contributed by atoms with van der Waals surface area (Å²) in [6.07, 6.45) is 3.71. The molecular weight excluding hydrogens is 740 g/mol. The number of ether oxygens (including phenoxy) is 1. The highest BCUT2D eigenvalue weighted by atomic mass is 79.9. The molecule has 42 heavy (non-hydrogen) atoms. The molecule has 2 aliphatic rings. The highest BCUT2D eigenvalue weighted by Gasteiger charge is 2.32. The van der Waals surface area contributed by atoms with Crippen molar-refractivity contribution in [3.63, 3.8) is 0 Å². The van der Waals surface area contributed by atoms with Crippen molar-refractivity contribution in [3.05, 3.63) is 157 Å². The molecule has 1 aliphatic carbocycles. The Morgan fingerprint density at radius 3 is 2.48 bits per heavy atom. The first-order chi connectivity index (χ1) is 20.5. The van der Waals surface area contributed by atoms with E-state index in [1.54, 1.807) is 0 Å². The summed E-state index contributed by atoms with van der Waals surface area (Å²) >= 11 is 12.3. The number of aryl methyl sites for hydroxylation is 1. The molecule has 0 fully saturated rings. The van der Waals surface area contributed by atoms with E-state index < -0.39 is 0 Å². The zero-order valence-corrected chi connectivity index (χ0v) is 27.8. The van der Waals surface area contributed by atoms with Crippen LogP contribution < -0.4 is 19.6 Å². The molecule has 2 heterocycles. The van der Waals surface area contributed by atoms with Gasteiger partial charge in [-0.25, -0.2) is 4.99 Å². The van der Waals surface area contributed by atoms with E-state index in [0.717, 1.165) is 54.2 Å². The first kappa shape index (κ1) is 27.8. The third-order valence-corrected chi connectivity index (χ3v) is 10.2. The molecule has 0 bridgehead atoms. The summed E-state index contributed by atoms with van der Waals surface area (Å²) in [6, 6.07) is 30.5. The van der Waals surface area contributed by atoms with Crippen LogP contribution in [0.3, 0.4) is 0 Å². The van der Waals surface area contributed by atoms with E-state index >= 15 is 0 Å². The molecule has 0 N–H and O–H groups in total. The van der Waals surface area contributed by atoms with Gasteiger partial charge in [-0.1, -0.05) is 110 Å². The van der Waals surface area contributed by atoms with Crippen LogP contribution in [0.5, 0.6) is 5.75 Å². The van der Waals surface area contributed by atoms with Gasteiger partial charge in [0.25, 0.3) is 5.56 Å². The fourth-order valence-electron chi connectivity index (χ4n) is 5.68. The third kappa shape index (κ3) is 5.19. The van der Waals surface area contributed by atoms with Crippen LogP contribution in [0.15, 0.2) is 120 Å². The number of halogens is 3. The van der Waals surface area contributed by atoms with E-state index in [1.165, 1.54) is 22.5 Å². The van der Waals surface area contributed by atoms with E-state index in [1.807, 2.05) is 65.2 Å².